The van der Waals surface area contributed by atoms with Crippen LogP contribution in [0.3, 0.4) is 0 Å². The van der Waals surface area contributed by atoms with Gasteiger partial charge in [-0.15, -0.1) is 0 Å². The van der Waals surface area contributed by atoms with Crippen LogP contribution in [0.2, 0.25) is 0 Å². The number of methoxy groups -OCH3 is 1. The van der Waals surface area contributed by atoms with Crippen molar-refractivity contribution >= 4 is 22.7 Å². The van der Waals surface area contributed by atoms with Gasteiger partial charge in [0.1, 0.15) is 0 Å². The summed E-state index contributed by atoms with van der Waals surface area (Å²) in [5.41, 5.74) is 2.07. The molecule has 0 aliphatic heterocycles. The van der Waals surface area contributed by atoms with Gasteiger partial charge < -0.3 is 10.1 Å². The molecule has 6 heteroatoms. The SMILES string of the molecule is COc1cc(NC(C)Cc2ccsc2)ccc1[N+](=O)[O-]. The number of nitrogens with one attached hydrogen (secondary N) is 1. The Hall–Kier alpha value is -2.08. The van der Waals surface area contributed by atoms with E-state index in [2.05, 4.69) is 29.1 Å². The van der Waals surface area contributed by atoms with Gasteiger partial charge in [0.2, 0.25) is 0 Å². The summed E-state index contributed by atoms with van der Waals surface area (Å²) in [7, 11) is 1.43. The first kappa shape index (κ1) is 14.3. The zero-order chi connectivity index (χ0) is 14.5. The summed E-state index contributed by atoms with van der Waals surface area (Å²) in [6.07, 6.45) is 0.906. The molecule has 5 nitrogen and oxygen atoms in total. The molecule has 2 aromatic rings. The van der Waals surface area contributed by atoms with Crippen LogP contribution in [0.1, 0.15) is 12.5 Å². The average Bonchev–Trinajstić information content (AvgIpc) is 2.90. The van der Waals surface area contributed by atoms with Crippen molar-refractivity contribution in [3.8, 4) is 5.75 Å². The lowest BCUT2D eigenvalue weighted by Crippen LogP contribution is -2.17. The highest BCUT2D eigenvalue weighted by atomic mass is 32.1. The molecular formula is C14H16N2O3S. The van der Waals surface area contributed by atoms with Gasteiger partial charge in [-0.1, -0.05) is 0 Å². The van der Waals surface area contributed by atoms with Crippen LogP contribution >= 0.6 is 11.3 Å². The van der Waals surface area contributed by atoms with Crippen molar-refractivity contribution in [1.82, 2.24) is 0 Å². The van der Waals surface area contributed by atoms with Gasteiger partial charge >= 0.3 is 5.69 Å². The summed E-state index contributed by atoms with van der Waals surface area (Å²) in [6.45, 7) is 2.07. The third-order valence-corrected chi connectivity index (χ3v) is 3.64. The van der Waals surface area contributed by atoms with E-state index in [1.54, 1.807) is 23.5 Å². The van der Waals surface area contributed by atoms with E-state index in [0.717, 1.165) is 12.1 Å². The predicted octanol–water partition coefficient (Wildman–Crippen LogP) is 3.71. The first-order valence-corrected chi connectivity index (χ1v) is 7.14. The molecule has 0 saturated heterocycles. The molecule has 0 saturated carbocycles. The zero-order valence-corrected chi connectivity index (χ0v) is 12.1. The lowest BCUT2D eigenvalue weighted by atomic mass is 10.1. The summed E-state index contributed by atoms with van der Waals surface area (Å²) in [5, 5.41) is 18.3. The Morgan fingerprint density at radius 2 is 2.25 bits per heavy atom. The standard InChI is InChI=1S/C14H16N2O3S/c1-10(7-11-5-6-20-9-11)15-12-3-4-13(16(17)18)14(8-12)19-2/h3-6,8-10,15H,7H2,1-2H3. The number of hydrogen-bond acceptors (Lipinski definition) is 5. The molecule has 1 N–H and O–H groups in total. The summed E-state index contributed by atoms with van der Waals surface area (Å²) in [6, 6.07) is 7.14. The molecule has 1 heterocycles. The highest BCUT2D eigenvalue weighted by Gasteiger charge is 2.15. The second kappa shape index (κ2) is 6.38. The fraction of sp³-hybridized carbons (Fsp3) is 0.286. The maximum atomic E-state index is 10.8. The Balaban J connectivity index is 2.07. The Morgan fingerprint density at radius 3 is 2.85 bits per heavy atom. The second-order valence-electron chi connectivity index (χ2n) is 4.52. The van der Waals surface area contributed by atoms with Crippen molar-refractivity contribution in [2.24, 2.45) is 0 Å². The number of thiophene rings is 1. The van der Waals surface area contributed by atoms with E-state index < -0.39 is 4.92 Å². The third-order valence-electron chi connectivity index (χ3n) is 2.91. The Kier molecular flexibility index (Phi) is 4.57. The molecular weight excluding hydrogens is 276 g/mol. The lowest BCUT2D eigenvalue weighted by molar-refractivity contribution is -0.385. The van der Waals surface area contributed by atoms with Gasteiger partial charge in [-0.05, 0) is 41.8 Å². The number of nitrogens with zero attached hydrogens (tertiary/aromatic N) is 1. The van der Waals surface area contributed by atoms with E-state index in [-0.39, 0.29) is 17.5 Å². The summed E-state index contributed by atoms with van der Waals surface area (Å²) < 4.78 is 5.05. The number of nitro benzene ring substituents is 1. The molecule has 1 aromatic carbocycles. The van der Waals surface area contributed by atoms with Crippen molar-refractivity contribution in [3.05, 3.63) is 50.7 Å². The molecule has 0 fully saturated rings. The quantitative estimate of drug-likeness (QED) is 0.651. The number of nitro groups is 1. The molecule has 0 amide bonds. The first-order valence-electron chi connectivity index (χ1n) is 6.20. The lowest BCUT2D eigenvalue weighted by Gasteiger charge is -2.15. The van der Waals surface area contributed by atoms with Crippen molar-refractivity contribution in [2.75, 3.05) is 12.4 Å². The molecule has 2 rings (SSSR count). The van der Waals surface area contributed by atoms with Gasteiger partial charge in [-0.3, -0.25) is 10.1 Å². The van der Waals surface area contributed by atoms with E-state index in [9.17, 15) is 10.1 Å². The van der Waals surface area contributed by atoms with Crippen LogP contribution in [0.25, 0.3) is 0 Å². The Morgan fingerprint density at radius 1 is 1.45 bits per heavy atom. The Bertz CT molecular complexity index is 584. The molecule has 0 radical (unpaired) electrons. The average molecular weight is 292 g/mol. The molecule has 0 bridgehead atoms. The largest absolute Gasteiger partial charge is 0.490 e. The summed E-state index contributed by atoms with van der Waals surface area (Å²) >= 11 is 1.68. The monoisotopic (exact) mass is 292 g/mol. The van der Waals surface area contributed by atoms with Gasteiger partial charge in [-0.2, -0.15) is 11.3 Å². The zero-order valence-electron chi connectivity index (χ0n) is 11.3. The number of benzene rings is 1. The van der Waals surface area contributed by atoms with E-state index in [4.69, 9.17) is 4.74 Å². The van der Waals surface area contributed by atoms with E-state index in [1.165, 1.54) is 18.7 Å². The van der Waals surface area contributed by atoms with Gasteiger partial charge in [0, 0.05) is 23.9 Å². The van der Waals surface area contributed by atoms with E-state index in [0.29, 0.717) is 0 Å². The maximum Gasteiger partial charge on any atom is 0.311 e. The fourth-order valence-corrected chi connectivity index (χ4v) is 2.70. The number of hydrogen-bond donors (Lipinski definition) is 1. The van der Waals surface area contributed by atoms with Crippen LogP contribution < -0.4 is 10.1 Å². The first-order chi connectivity index (χ1) is 9.60. The number of ether oxygens (including phenoxy) is 1. The van der Waals surface area contributed by atoms with Gasteiger partial charge in [0.05, 0.1) is 12.0 Å². The second-order valence-corrected chi connectivity index (χ2v) is 5.30. The molecule has 1 unspecified atom stereocenters. The minimum absolute atomic E-state index is 0.0245. The molecule has 0 aliphatic carbocycles. The smallest absolute Gasteiger partial charge is 0.311 e. The predicted molar refractivity (Wildman–Crippen MR) is 80.8 cm³/mol. The van der Waals surface area contributed by atoms with Crippen LogP contribution in [-0.2, 0) is 6.42 Å². The highest BCUT2D eigenvalue weighted by Crippen LogP contribution is 2.30. The van der Waals surface area contributed by atoms with Crippen molar-refractivity contribution < 1.29 is 9.66 Å². The molecule has 0 aliphatic rings. The van der Waals surface area contributed by atoms with Crippen LogP contribution in [0.4, 0.5) is 11.4 Å². The molecule has 1 aromatic heterocycles. The minimum Gasteiger partial charge on any atom is -0.490 e. The Labute approximate surface area is 121 Å². The minimum atomic E-state index is -0.447. The fourth-order valence-electron chi connectivity index (χ4n) is 2.02. The maximum absolute atomic E-state index is 10.8. The van der Waals surface area contributed by atoms with Gasteiger partial charge in [-0.25, -0.2) is 0 Å². The van der Waals surface area contributed by atoms with Crippen molar-refractivity contribution in [3.63, 3.8) is 0 Å². The molecule has 0 spiro atoms. The van der Waals surface area contributed by atoms with Gasteiger partial charge in [0.15, 0.2) is 5.75 Å². The van der Waals surface area contributed by atoms with Crippen LogP contribution in [0.5, 0.6) is 5.75 Å². The topological polar surface area (TPSA) is 64.4 Å². The van der Waals surface area contributed by atoms with E-state index >= 15 is 0 Å². The number of rotatable bonds is 6. The van der Waals surface area contributed by atoms with Crippen LogP contribution in [0, 0.1) is 10.1 Å². The van der Waals surface area contributed by atoms with Crippen LogP contribution in [-0.4, -0.2) is 18.1 Å². The molecule has 20 heavy (non-hydrogen) atoms. The van der Waals surface area contributed by atoms with E-state index in [1.807, 2.05) is 0 Å². The summed E-state index contributed by atoms with van der Waals surface area (Å²) in [5.74, 6) is 0.266. The molecule has 1 atom stereocenters. The normalized spacial score (nSPS) is 11.9. The number of anilines is 1. The van der Waals surface area contributed by atoms with Crippen molar-refractivity contribution in [1.29, 1.82) is 0 Å². The third kappa shape index (κ3) is 3.48. The highest BCUT2D eigenvalue weighted by molar-refractivity contribution is 7.07. The van der Waals surface area contributed by atoms with Gasteiger partial charge in [0.25, 0.3) is 0 Å². The summed E-state index contributed by atoms with van der Waals surface area (Å²) in [4.78, 5) is 10.4. The van der Waals surface area contributed by atoms with Crippen LogP contribution in [0.15, 0.2) is 35.0 Å². The van der Waals surface area contributed by atoms with Crippen molar-refractivity contribution in [2.45, 2.75) is 19.4 Å². The molecule has 106 valence electrons.